The van der Waals surface area contributed by atoms with Gasteiger partial charge in [0.05, 0.1) is 33.0 Å². The van der Waals surface area contributed by atoms with Gasteiger partial charge in [0.25, 0.3) is 0 Å². The van der Waals surface area contributed by atoms with Crippen molar-refractivity contribution in [3.05, 3.63) is 34.6 Å². The van der Waals surface area contributed by atoms with Crippen molar-refractivity contribution in [2.75, 3.05) is 44.4 Å². The highest BCUT2D eigenvalue weighted by molar-refractivity contribution is 7.91. The number of amidine groups is 1. The van der Waals surface area contributed by atoms with Gasteiger partial charge in [0, 0.05) is 26.7 Å². The van der Waals surface area contributed by atoms with Crippen LogP contribution in [0.1, 0.15) is 11.1 Å². The van der Waals surface area contributed by atoms with Crippen LogP contribution in [0, 0.1) is 6.92 Å². The second-order valence-corrected chi connectivity index (χ2v) is 9.38. The van der Waals surface area contributed by atoms with E-state index in [4.69, 9.17) is 11.6 Å². The Kier molecular flexibility index (Phi) is 3.69. The molecular weight excluding hydrogens is 360 g/mol. The van der Waals surface area contributed by atoms with Gasteiger partial charge in [-0.05, 0) is 25.6 Å². The molecule has 0 aromatic heterocycles. The molecule has 0 saturated carbocycles. The first-order valence-electron chi connectivity index (χ1n) is 8.23. The topological polar surface area (TPSA) is 56.2 Å². The summed E-state index contributed by atoms with van der Waals surface area (Å²) in [5.41, 5.74) is 2.17. The lowest BCUT2D eigenvalue weighted by Gasteiger charge is -2.42. The average molecular weight is 381 g/mol. The van der Waals surface area contributed by atoms with E-state index in [1.165, 1.54) is 0 Å². The summed E-state index contributed by atoms with van der Waals surface area (Å²) in [6.07, 6.45) is 0. The molecular formula is C17H21ClN4O2S. The molecule has 0 radical (unpaired) electrons. The maximum atomic E-state index is 13.2. The zero-order valence-electron chi connectivity index (χ0n) is 14.6. The van der Waals surface area contributed by atoms with Gasteiger partial charge in [0.15, 0.2) is 9.84 Å². The number of rotatable bonds is 0. The van der Waals surface area contributed by atoms with E-state index in [0.29, 0.717) is 28.8 Å². The molecule has 1 fully saturated rings. The molecule has 1 unspecified atom stereocenters. The van der Waals surface area contributed by atoms with Crippen molar-refractivity contribution in [3.8, 4) is 0 Å². The SMILES string of the molecule is C=C1N=C2c3c(cc(C)c(Cl)c3S(=O)(=O)CC3CN(C)CCN23)N1C. The Labute approximate surface area is 153 Å². The monoisotopic (exact) mass is 380 g/mol. The number of hydrogen-bond donors (Lipinski definition) is 0. The van der Waals surface area contributed by atoms with E-state index in [-0.39, 0.29) is 16.7 Å². The fourth-order valence-corrected chi connectivity index (χ4v) is 6.29. The molecule has 3 aliphatic heterocycles. The fraction of sp³-hybridized carbons (Fsp3) is 0.471. The van der Waals surface area contributed by atoms with Crippen molar-refractivity contribution in [1.82, 2.24) is 9.80 Å². The molecule has 8 heteroatoms. The number of halogens is 1. The summed E-state index contributed by atoms with van der Waals surface area (Å²) in [6, 6.07) is 1.78. The highest BCUT2D eigenvalue weighted by Crippen LogP contribution is 2.43. The molecule has 0 spiro atoms. The second-order valence-electron chi connectivity index (χ2n) is 7.03. The van der Waals surface area contributed by atoms with E-state index < -0.39 is 9.84 Å². The van der Waals surface area contributed by atoms with Crippen molar-refractivity contribution < 1.29 is 8.42 Å². The standard InChI is InChI=1S/C17H21ClN4O2S/c1-10-7-13-14-16(15(10)18)25(23,24)9-12-8-20(3)5-6-22(12)17(14)19-11(2)21(13)4/h7,12H,2,5-6,8-9H2,1,3-4H3. The van der Waals surface area contributed by atoms with Gasteiger partial charge in [-0.2, -0.15) is 0 Å². The molecule has 3 heterocycles. The van der Waals surface area contributed by atoms with Gasteiger partial charge >= 0.3 is 0 Å². The van der Waals surface area contributed by atoms with Crippen LogP contribution in [0.3, 0.4) is 0 Å². The van der Waals surface area contributed by atoms with E-state index in [9.17, 15) is 8.42 Å². The number of aliphatic imine (C=N–C) groups is 1. The van der Waals surface area contributed by atoms with E-state index in [1.54, 1.807) is 0 Å². The van der Waals surface area contributed by atoms with E-state index >= 15 is 0 Å². The van der Waals surface area contributed by atoms with Gasteiger partial charge in [-0.1, -0.05) is 18.2 Å². The van der Waals surface area contributed by atoms with Gasteiger partial charge in [0.2, 0.25) is 0 Å². The zero-order chi connectivity index (χ0) is 18.1. The van der Waals surface area contributed by atoms with Gasteiger partial charge < -0.3 is 14.7 Å². The normalized spacial score (nSPS) is 25.2. The van der Waals surface area contributed by atoms with Crippen LogP contribution in [0.2, 0.25) is 5.02 Å². The number of piperazine rings is 1. The molecule has 3 aliphatic rings. The van der Waals surface area contributed by atoms with Crippen LogP contribution in [0.15, 0.2) is 28.4 Å². The molecule has 134 valence electrons. The van der Waals surface area contributed by atoms with E-state index in [2.05, 4.69) is 21.4 Å². The Morgan fingerprint density at radius 3 is 2.76 bits per heavy atom. The number of hydrogen-bond acceptors (Lipinski definition) is 6. The average Bonchev–Trinajstić information content (AvgIpc) is 2.61. The van der Waals surface area contributed by atoms with Crippen LogP contribution in [0.4, 0.5) is 5.69 Å². The molecule has 6 nitrogen and oxygen atoms in total. The summed E-state index contributed by atoms with van der Waals surface area (Å²) in [7, 11) is 0.330. The third-order valence-corrected chi connectivity index (χ3v) is 7.72. The fourth-order valence-electron chi connectivity index (χ4n) is 3.89. The summed E-state index contributed by atoms with van der Waals surface area (Å²) in [6.45, 7) is 8.15. The largest absolute Gasteiger partial charge is 0.349 e. The smallest absolute Gasteiger partial charge is 0.182 e. The molecule has 0 N–H and O–H groups in total. The summed E-state index contributed by atoms with van der Waals surface area (Å²) in [5, 5.41) is 0.306. The Bertz CT molecular complexity index is 925. The first-order chi connectivity index (χ1) is 11.7. The number of likely N-dealkylation sites (N-methyl/N-ethyl adjacent to an activating group) is 1. The predicted octanol–water partition coefficient (Wildman–Crippen LogP) is 1.72. The lowest BCUT2D eigenvalue weighted by atomic mass is 10.0. The van der Waals surface area contributed by atoms with Crippen LogP contribution < -0.4 is 4.90 Å². The van der Waals surface area contributed by atoms with Gasteiger partial charge in [-0.3, -0.25) is 0 Å². The molecule has 1 aromatic rings. The van der Waals surface area contributed by atoms with Crippen LogP contribution >= 0.6 is 11.6 Å². The molecule has 1 atom stereocenters. The van der Waals surface area contributed by atoms with Gasteiger partial charge in [0.1, 0.15) is 11.7 Å². The van der Waals surface area contributed by atoms with Crippen molar-refractivity contribution >= 4 is 33.0 Å². The molecule has 0 bridgehead atoms. The van der Waals surface area contributed by atoms with E-state index in [0.717, 1.165) is 24.3 Å². The molecule has 0 amide bonds. The Morgan fingerprint density at radius 2 is 2.04 bits per heavy atom. The first-order valence-corrected chi connectivity index (χ1v) is 10.3. The minimum Gasteiger partial charge on any atom is -0.349 e. The van der Waals surface area contributed by atoms with Crippen LogP contribution in [0.5, 0.6) is 0 Å². The van der Waals surface area contributed by atoms with Crippen molar-refractivity contribution in [1.29, 1.82) is 0 Å². The third-order valence-electron chi connectivity index (χ3n) is 5.27. The van der Waals surface area contributed by atoms with Crippen LogP contribution in [0.25, 0.3) is 0 Å². The highest BCUT2D eigenvalue weighted by Gasteiger charge is 2.43. The Morgan fingerprint density at radius 1 is 1.32 bits per heavy atom. The summed E-state index contributed by atoms with van der Waals surface area (Å²) >= 11 is 6.49. The maximum Gasteiger partial charge on any atom is 0.182 e. The number of sulfone groups is 1. The lowest BCUT2D eigenvalue weighted by molar-refractivity contribution is 0.164. The van der Waals surface area contributed by atoms with Crippen LogP contribution in [-0.2, 0) is 9.84 Å². The molecule has 25 heavy (non-hydrogen) atoms. The Balaban J connectivity index is 2.07. The zero-order valence-corrected chi connectivity index (χ0v) is 16.2. The van der Waals surface area contributed by atoms with Crippen LogP contribution in [-0.4, -0.2) is 69.6 Å². The van der Waals surface area contributed by atoms with Crippen molar-refractivity contribution in [2.45, 2.75) is 17.9 Å². The van der Waals surface area contributed by atoms with Crippen molar-refractivity contribution in [2.24, 2.45) is 4.99 Å². The number of aryl methyl sites for hydroxylation is 1. The number of fused-ring (bicyclic) bond motifs is 2. The minimum atomic E-state index is -3.54. The molecule has 0 aliphatic carbocycles. The summed E-state index contributed by atoms with van der Waals surface area (Å²) in [5.74, 6) is 1.34. The van der Waals surface area contributed by atoms with E-state index in [1.807, 2.05) is 32.0 Å². The van der Waals surface area contributed by atoms with Gasteiger partial charge in [-0.15, -0.1) is 0 Å². The first kappa shape index (κ1) is 16.9. The van der Waals surface area contributed by atoms with Gasteiger partial charge in [-0.25, -0.2) is 13.4 Å². The summed E-state index contributed by atoms with van der Waals surface area (Å²) in [4.78, 5) is 11.0. The highest BCUT2D eigenvalue weighted by atomic mass is 35.5. The summed E-state index contributed by atoms with van der Waals surface area (Å²) < 4.78 is 26.5. The Hall–Kier alpha value is -1.57. The van der Waals surface area contributed by atoms with Crippen molar-refractivity contribution in [3.63, 3.8) is 0 Å². The minimum absolute atomic E-state index is 0.0438. The maximum absolute atomic E-state index is 13.2. The molecule has 1 aromatic carbocycles. The molecule has 1 saturated heterocycles. The predicted molar refractivity (Wildman–Crippen MR) is 100 cm³/mol. The lowest BCUT2D eigenvalue weighted by Crippen LogP contribution is -2.56. The second kappa shape index (κ2) is 5.46. The third kappa shape index (κ3) is 2.40. The number of benzene rings is 1. The quantitative estimate of drug-likeness (QED) is 0.686. The number of nitrogens with zero attached hydrogens (tertiary/aromatic N) is 4. The molecule has 4 rings (SSSR count). The number of anilines is 1.